The Morgan fingerprint density at radius 3 is 2.79 bits per heavy atom. The Bertz CT molecular complexity index is 763. The molecular weight excluding hydrogens is 336 g/mol. The predicted molar refractivity (Wildman–Crippen MR) is 82.8 cm³/mol. The molecule has 1 aromatic rings. The molecule has 9 heteroatoms. The number of benzene rings is 1. The molecule has 3 rings (SSSR count). The lowest BCUT2D eigenvalue weighted by Crippen LogP contribution is -2.44. The molecule has 8 nitrogen and oxygen atoms in total. The van der Waals surface area contributed by atoms with Crippen LogP contribution in [0.4, 0.5) is 0 Å². The molecule has 0 radical (unpaired) electrons. The van der Waals surface area contributed by atoms with Crippen LogP contribution < -0.4 is 5.32 Å². The van der Waals surface area contributed by atoms with Crippen LogP contribution in [-0.2, 0) is 24.3 Å². The van der Waals surface area contributed by atoms with Crippen LogP contribution in [0.25, 0.3) is 0 Å². The van der Waals surface area contributed by atoms with Crippen molar-refractivity contribution in [2.45, 2.75) is 10.9 Å². The van der Waals surface area contributed by atoms with E-state index in [1.54, 1.807) is 12.1 Å². The molecule has 2 aliphatic heterocycles. The van der Waals surface area contributed by atoms with E-state index >= 15 is 0 Å². The minimum Gasteiger partial charge on any atom is -0.465 e. The summed E-state index contributed by atoms with van der Waals surface area (Å²) in [6, 6.07) is 5.48. The number of carbonyl (C=O) groups excluding carboxylic acids is 2. The number of sulfonamides is 1. The summed E-state index contributed by atoms with van der Waals surface area (Å²) < 4.78 is 37.4. The molecule has 0 saturated carbocycles. The van der Waals surface area contributed by atoms with Crippen LogP contribution in [0.5, 0.6) is 0 Å². The van der Waals surface area contributed by atoms with E-state index in [1.165, 1.54) is 23.5 Å². The Kier molecular flexibility index (Phi) is 4.57. The number of esters is 1. The van der Waals surface area contributed by atoms with E-state index in [0.717, 1.165) is 0 Å². The number of rotatable bonds is 3. The highest BCUT2D eigenvalue weighted by molar-refractivity contribution is 7.89. The van der Waals surface area contributed by atoms with Gasteiger partial charge >= 0.3 is 5.97 Å². The maximum absolute atomic E-state index is 13.1. The summed E-state index contributed by atoms with van der Waals surface area (Å²) in [7, 11) is -2.76. The van der Waals surface area contributed by atoms with Crippen LogP contribution in [0.3, 0.4) is 0 Å². The lowest BCUT2D eigenvalue weighted by atomic mass is 10.1. The molecular formula is C15H18N2O6S. The maximum atomic E-state index is 13.1. The Morgan fingerprint density at radius 1 is 1.29 bits per heavy atom. The summed E-state index contributed by atoms with van der Waals surface area (Å²) in [6.45, 7) is 0.542. The SMILES string of the molecule is COC(=O)c1ccccc1S(=O)(=O)N1C[C@H]2COC[C@@H](C1)C(=O)N2. The largest absolute Gasteiger partial charge is 0.465 e. The number of nitrogens with one attached hydrogen (secondary N) is 1. The van der Waals surface area contributed by atoms with Gasteiger partial charge in [-0.3, -0.25) is 4.79 Å². The van der Waals surface area contributed by atoms with Crippen molar-refractivity contribution in [3.05, 3.63) is 29.8 Å². The van der Waals surface area contributed by atoms with E-state index < -0.39 is 28.0 Å². The summed E-state index contributed by atoms with van der Waals surface area (Å²) in [5, 5.41) is 2.78. The van der Waals surface area contributed by atoms with Gasteiger partial charge < -0.3 is 14.8 Å². The van der Waals surface area contributed by atoms with E-state index in [0.29, 0.717) is 0 Å². The van der Waals surface area contributed by atoms with Crippen LogP contribution in [-0.4, -0.2) is 64.1 Å². The van der Waals surface area contributed by atoms with Gasteiger partial charge in [-0.15, -0.1) is 0 Å². The third kappa shape index (κ3) is 3.02. The normalized spacial score (nSPS) is 24.8. The van der Waals surface area contributed by atoms with Crippen molar-refractivity contribution in [2.24, 2.45) is 5.92 Å². The molecule has 2 saturated heterocycles. The van der Waals surface area contributed by atoms with Gasteiger partial charge in [0.05, 0.1) is 42.7 Å². The van der Waals surface area contributed by atoms with Gasteiger partial charge in [0.25, 0.3) is 0 Å². The van der Waals surface area contributed by atoms with Crippen molar-refractivity contribution in [1.29, 1.82) is 0 Å². The number of nitrogens with zero attached hydrogens (tertiary/aromatic N) is 1. The minimum atomic E-state index is -3.95. The minimum absolute atomic E-state index is 0.0141. The van der Waals surface area contributed by atoms with E-state index in [2.05, 4.69) is 10.1 Å². The quantitative estimate of drug-likeness (QED) is 0.742. The first kappa shape index (κ1) is 16.9. The van der Waals surface area contributed by atoms with Crippen LogP contribution >= 0.6 is 0 Å². The summed E-state index contributed by atoms with van der Waals surface area (Å²) in [6.07, 6.45) is 0. The highest BCUT2D eigenvalue weighted by Crippen LogP contribution is 2.24. The molecule has 1 aromatic carbocycles. The summed E-state index contributed by atoms with van der Waals surface area (Å²) in [5.41, 5.74) is -0.0232. The lowest BCUT2D eigenvalue weighted by molar-refractivity contribution is -0.125. The number of amides is 1. The summed E-state index contributed by atoms with van der Waals surface area (Å²) in [4.78, 5) is 23.8. The van der Waals surface area contributed by atoms with Gasteiger partial charge in [0, 0.05) is 13.1 Å². The molecule has 2 atom stereocenters. The Morgan fingerprint density at radius 2 is 2.04 bits per heavy atom. The van der Waals surface area contributed by atoms with Crippen LogP contribution in [0.2, 0.25) is 0 Å². The van der Waals surface area contributed by atoms with Crippen molar-refractivity contribution in [3.63, 3.8) is 0 Å². The smallest absolute Gasteiger partial charge is 0.339 e. The first-order chi connectivity index (χ1) is 11.4. The van der Waals surface area contributed by atoms with Crippen molar-refractivity contribution in [3.8, 4) is 0 Å². The standard InChI is InChI=1S/C15H18N2O6S/c1-22-15(19)12-4-2-3-5-13(12)24(20,21)17-6-10-8-23-9-11(7-17)16-14(10)18/h2-5,10-11H,6-9H2,1H3,(H,16,18)/t10-,11+/m1/s1. The molecule has 1 amide bonds. The second-order valence-corrected chi connectivity index (χ2v) is 7.66. The van der Waals surface area contributed by atoms with Crippen molar-refractivity contribution >= 4 is 21.9 Å². The molecule has 2 aliphatic rings. The Hall–Kier alpha value is -1.97. The highest BCUT2D eigenvalue weighted by atomic mass is 32.2. The number of fused-ring (bicyclic) bond motifs is 3. The zero-order valence-electron chi connectivity index (χ0n) is 13.1. The lowest BCUT2D eigenvalue weighted by Gasteiger charge is -2.27. The van der Waals surface area contributed by atoms with Crippen molar-refractivity contribution < 1.29 is 27.5 Å². The highest BCUT2D eigenvalue weighted by Gasteiger charge is 2.39. The third-order valence-electron chi connectivity index (χ3n) is 4.11. The number of ether oxygens (including phenoxy) is 2. The molecule has 130 valence electrons. The Balaban J connectivity index is 2.00. The van der Waals surface area contributed by atoms with Crippen LogP contribution in [0.15, 0.2) is 29.2 Å². The Labute approximate surface area is 139 Å². The zero-order valence-corrected chi connectivity index (χ0v) is 13.9. The summed E-state index contributed by atoms with van der Waals surface area (Å²) in [5.74, 6) is -1.50. The first-order valence-corrected chi connectivity index (χ1v) is 8.93. The van der Waals surface area contributed by atoms with E-state index in [1.807, 2.05) is 0 Å². The molecule has 1 N–H and O–H groups in total. The number of carbonyl (C=O) groups is 2. The molecule has 0 aliphatic carbocycles. The van der Waals surface area contributed by atoms with Gasteiger partial charge in [-0.05, 0) is 12.1 Å². The molecule has 0 spiro atoms. The maximum Gasteiger partial charge on any atom is 0.339 e. The topological polar surface area (TPSA) is 102 Å². The molecule has 2 bridgehead atoms. The first-order valence-electron chi connectivity index (χ1n) is 7.49. The zero-order chi connectivity index (χ0) is 17.3. The van der Waals surface area contributed by atoms with Gasteiger partial charge in [0.1, 0.15) is 0 Å². The van der Waals surface area contributed by atoms with Crippen LogP contribution in [0.1, 0.15) is 10.4 Å². The van der Waals surface area contributed by atoms with Gasteiger partial charge in [-0.1, -0.05) is 12.1 Å². The fourth-order valence-corrected chi connectivity index (χ4v) is 4.60. The number of methoxy groups -OCH3 is 1. The monoisotopic (exact) mass is 354 g/mol. The molecule has 0 aromatic heterocycles. The van der Waals surface area contributed by atoms with Gasteiger partial charge in [-0.2, -0.15) is 4.31 Å². The average molecular weight is 354 g/mol. The average Bonchev–Trinajstić information content (AvgIpc) is 2.82. The van der Waals surface area contributed by atoms with E-state index in [9.17, 15) is 18.0 Å². The molecule has 0 unspecified atom stereocenters. The predicted octanol–water partition coefficient (Wildman–Crippen LogP) is -0.391. The fourth-order valence-electron chi connectivity index (χ4n) is 2.89. The number of hydrogen-bond donors (Lipinski definition) is 1. The molecule has 24 heavy (non-hydrogen) atoms. The second kappa shape index (κ2) is 6.50. The number of hydrogen-bond acceptors (Lipinski definition) is 6. The van der Waals surface area contributed by atoms with E-state index in [4.69, 9.17) is 4.74 Å². The summed E-state index contributed by atoms with van der Waals surface area (Å²) >= 11 is 0. The van der Waals surface area contributed by atoms with Gasteiger partial charge in [-0.25, -0.2) is 13.2 Å². The van der Waals surface area contributed by atoms with Crippen LogP contribution in [0, 0.1) is 5.92 Å². The van der Waals surface area contributed by atoms with E-state index in [-0.39, 0.29) is 42.7 Å². The molecule has 2 fully saturated rings. The van der Waals surface area contributed by atoms with Gasteiger partial charge in [0.15, 0.2) is 0 Å². The van der Waals surface area contributed by atoms with Gasteiger partial charge in [0.2, 0.25) is 15.9 Å². The second-order valence-electron chi connectivity index (χ2n) is 5.75. The van der Waals surface area contributed by atoms with Crippen molar-refractivity contribution in [2.75, 3.05) is 33.4 Å². The van der Waals surface area contributed by atoms with Crippen molar-refractivity contribution in [1.82, 2.24) is 9.62 Å². The fraction of sp³-hybridized carbons (Fsp3) is 0.467. The third-order valence-corrected chi connectivity index (χ3v) is 6.00. The molecule has 2 heterocycles.